The fourth-order valence-electron chi connectivity index (χ4n) is 1.89. The molecule has 2 aromatic rings. The summed E-state index contributed by atoms with van der Waals surface area (Å²) in [4.78, 5) is 39.2. The van der Waals surface area contributed by atoms with Crippen molar-refractivity contribution in [2.75, 3.05) is 18.5 Å². The largest absolute Gasteiger partial charge is 0.477 e. The van der Waals surface area contributed by atoms with Crippen LogP contribution in [-0.2, 0) is 9.53 Å². The summed E-state index contributed by atoms with van der Waals surface area (Å²) in [5.74, 6) is -2.28. The van der Waals surface area contributed by atoms with E-state index in [4.69, 9.17) is 9.47 Å². The number of nitrogens with one attached hydrogen (secondary N) is 2. The SMILES string of the molecule is CCOc1ncccc1C(=O)OCC(=O)NC(=O)Nc1ccccc1F. The molecule has 0 spiro atoms. The number of pyridine rings is 1. The molecule has 26 heavy (non-hydrogen) atoms. The zero-order valence-electron chi connectivity index (χ0n) is 13.8. The van der Waals surface area contributed by atoms with Gasteiger partial charge in [-0.1, -0.05) is 12.1 Å². The van der Waals surface area contributed by atoms with Crippen molar-refractivity contribution in [1.82, 2.24) is 10.3 Å². The molecule has 2 rings (SSSR count). The minimum absolute atomic E-state index is 0.0537. The van der Waals surface area contributed by atoms with Crippen LogP contribution in [0.2, 0.25) is 0 Å². The van der Waals surface area contributed by atoms with E-state index in [0.29, 0.717) is 6.61 Å². The molecule has 1 aromatic carbocycles. The number of amides is 3. The maximum Gasteiger partial charge on any atom is 0.344 e. The maximum atomic E-state index is 13.4. The van der Waals surface area contributed by atoms with Crippen molar-refractivity contribution in [1.29, 1.82) is 0 Å². The number of rotatable bonds is 6. The molecule has 0 atom stereocenters. The highest BCUT2D eigenvalue weighted by atomic mass is 19.1. The molecule has 0 aliphatic carbocycles. The molecule has 3 amide bonds. The molecule has 0 unspecified atom stereocenters. The summed E-state index contributed by atoms with van der Waals surface area (Å²) in [7, 11) is 0. The van der Waals surface area contributed by atoms with Crippen LogP contribution in [0, 0.1) is 5.82 Å². The van der Waals surface area contributed by atoms with E-state index in [2.05, 4.69) is 10.3 Å². The van der Waals surface area contributed by atoms with Crippen LogP contribution in [-0.4, -0.2) is 36.1 Å². The van der Waals surface area contributed by atoms with Crippen LogP contribution in [0.25, 0.3) is 0 Å². The lowest BCUT2D eigenvalue weighted by Gasteiger charge is -2.09. The van der Waals surface area contributed by atoms with E-state index in [1.165, 1.54) is 36.5 Å². The molecule has 136 valence electrons. The van der Waals surface area contributed by atoms with Crippen LogP contribution >= 0.6 is 0 Å². The minimum Gasteiger partial charge on any atom is -0.477 e. The van der Waals surface area contributed by atoms with E-state index in [9.17, 15) is 18.8 Å². The van der Waals surface area contributed by atoms with Crippen molar-refractivity contribution in [3.8, 4) is 5.88 Å². The number of hydrogen-bond acceptors (Lipinski definition) is 6. The van der Waals surface area contributed by atoms with E-state index >= 15 is 0 Å². The van der Waals surface area contributed by atoms with Crippen LogP contribution < -0.4 is 15.4 Å². The summed E-state index contributed by atoms with van der Waals surface area (Å²) >= 11 is 0. The van der Waals surface area contributed by atoms with Crippen LogP contribution in [0.15, 0.2) is 42.6 Å². The molecule has 9 heteroatoms. The van der Waals surface area contributed by atoms with Gasteiger partial charge in [-0.05, 0) is 31.2 Å². The number of ether oxygens (including phenoxy) is 2. The molecule has 8 nitrogen and oxygen atoms in total. The highest BCUT2D eigenvalue weighted by molar-refractivity contribution is 6.02. The summed E-state index contributed by atoms with van der Waals surface area (Å²) in [5, 5.41) is 4.09. The number of carbonyl (C=O) groups is 3. The molecule has 0 fully saturated rings. The second kappa shape index (κ2) is 9.11. The van der Waals surface area contributed by atoms with Crippen LogP contribution in [0.5, 0.6) is 5.88 Å². The predicted octanol–water partition coefficient (Wildman–Crippen LogP) is 2.12. The zero-order chi connectivity index (χ0) is 18.9. The average molecular weight is 361 g/mol. The van der Waals surface area contributed by atoms with Crippen LogP contribution in [0.3, 0.4) is 0 Å². The Hall–Kier alpha value is -3.49. The summed E-state index contributed by atoms with van der Waals surface area (Å²) in [5.41, 5.74) is -0.0375. The van der Waals surface area contributed by atoms with Gasteiger partial charge in [0.25, 0.3) is 5.91 Å². The highest BCUT2D eigenvalue weighted by Gasteiger charge is 2.17. The number of hydrogen-bond donors (Lipinski definition) is 2. The normalized spacial score (nSPS) is 9.92. The number of para-hydroxylation sites is 1. The Morgan fingerprint density at radius 1 is 1.15 bits per heavy atom. The molecular weight excluding hydrogens is 345 g/mol. The van der Waals surface area contributed by atoms with Crippen molar-refractivity contribution >= 4 is 23.6 Å². The molecule has 0 saturated carbocycles. The Labute approximate surface area is 148 Å². The molecule has 0 aliphatic rings. The number of carbonyl (C=O) groups excluding carboxylic acids is 3. The Morgan fingerprint density at radius 2 is 1.92 bits per heavy atom. The third-order valence-electron chi connectivity index (χ3n) is 2.98. The van der Waals surface area contributed by atoms with Gasteiger partial charge in [-0.2, -0.15) is 0 Å². The van der Waals surface area contributed by atoms with E-state index in [0.717, 1.165) is 6.07 Å². The van der Waals surface area contributed by atoms with Gasteiger partial charge in [0.15, 0.2) is 6.61 Å². The first-order chi connectivity index (χ1) is 12.5. The second-order valence-corrected chi connectivity index (χ2v) is 4.85. The first-order valence-corrected chi connectivity index (χ1v) is 7.61. The molecule has 0 radical (unpaired) electrons. The lowest BCUT2D eigenvalue weighted by molar-refractivity contribution is -0.123. The lowest BCUT2D eigenvalue weighted by atomic mass is 10.3. The van der Waals surface area contributed by atoms with E-state index in [1.807, 2.05) is 5.32 Å². The lowest BCUT2D eigenvalue weighted by Crippen LogP contribution is -2.37. The Bertz CT molecular complexity index is 812. The van der Waals surface area contributed by atoms with Gasteiger partial charge < -0.3 is 14.8 Å². The fraction of sp³-hybridized carbons (Fsp3) is 0.176. The predicted molar refractivity (Wildman–Crippen MR) is 89.2 cm³/mol. The van der Waals surface area contributed by atoms with Crippen molar-refractivity contribution in [3.63, 3.8) is 0 Å². The molecule has 0 bridgehead atoms. The van der Waals surface area contributed by atoms with Crippen molar-refractivity contribution < 1.29 is 28.2 Å². The Morgan fingerprint density at radius 3 is 2.65 bits per heavy atom. The van der Waals surface area contributed by atoms with Crippen LogP contribution in [0.4, 0.5) is 14.9 Å². The molecular formula is C17H16FN3O5. The summed E-state index contributed by atoms with van der Waals surface area (Å²) < 4.78 is 23.4. The molecule has 1 aromatic heterocycles. The highest BCUT2D eigenvalue weighted by Crippen LogP contribution is 2.15. The molecule has 0 saturated heterocycles. The smallest absolute Gasteiger partial charge is 0.344 e. The van der Waals surface area contributed by atoms with Crippen molar-refractivity contribution in [3.05, 3.63) is 54.0 Å². The summed E-state index contributed by atoms with van der Waals surface area (Å²) in [6.45, 7) is 1.32. The number of halogens is 1. The third kappa shape index (κ3) is 5.26. The number of nitrogens with zero attached hydrogens (tertiary/aromatic N) is 1. The second-order valence-electron chi connectivity index (χ2n) is 4.85. The van der Waals surface area contributed by atoms with Gasteiger partial charge in [0.1, 0.15) is 11.4 Å². The number of urea groups is 1. The number of aromatic nitrogens is 1. The van der Waals surface area contributed by atoms with Gasteiger partial charge in [0.05, 0.1) is 12.3 Å². The average Bonchev–Trinajstić information content (AvgIpc) is 2.62. The Kier molecular flexibility index (Phi) is 6.60. The molecule has 0 aliphatic heterocycles. The third-order valence-corrected chi connectivity index (χ3v) is 2.98. The fourth-order valence-corrected chi connectivity index (χ4v) is 1.89. The van der Waals surface area contributed by atoms with Gasteiger partial charge in [0.2, 0.25) is 5.88 Å². The van der Waals surface area contributed by atoms with E-state index in [-0.39, 0.29) is 17.1 Å². The maximum absolute atomic E-state index is 13.4. The number of anilines is 1. The molecule has 1 heterocycles. The first-order valence-electron chi connectivity index (χ1n) is 7.61. The summed E-state index contributed by atoms with van der Waals surface area (Å²) in [6, 6.07) is 7.46. The van der Waals surface area contributed by atoms with Gasteiger partial charge in [0, 0.05) is 6.20 Å². The summed E-state index contributed by atoms with van der Waals surface area (Å²) in [6.07, 6.45) is 1.45. The first kappa shape index (κ1) is 18.8. The number of imide groups is 1. The van der Waals surface area contributed by atoms with Gasteiger partial charge >= 0.3 is 12.0 Å². The van der Waals surface area contributed by atoms with Crippen molar-refractivity contribution in [2.24, 2.45) is 0 Å². The minimum atomic E-state index is -0.951. The number of esters is 1. The van der Waals surface area contributed by atoms with Gasteiger partial charge in [-0.3, -0.25) is 10.1 Å². The van der Waals surface area contributed by atoms with Crippen molar-refractivity contribution in [2.45, 2.75) is 6.92 Å². The Balaban J connectivity index is 1.86. The van der Waals surface area contributed by atoms with Gasteiger partial charge in [-0.15, -0.1) is 0 Å². The van der Waals surface area contributed by atoms with Gasteiger partial charge in [-0.25, -0.2) is 19.0 Å². The number of benzene rings is 1. The standard InChI is InChI=1S/C17H16FN3O5/c1-2-25-15-11(6-5-9-19-15)16(23)26-10-14(22)21-17(24)20-13-8-4-3-7-12(13)18/h3-9H,2,10H2,1H3,(H2,20,21,22,24). The zero-order valence-corrected chi connectivity index (χ0v) is 13.8. The van der Waals surface area contributed by atoms with E-state index < -0.39 is 30.3 Å². The quantitative estimate of drug-likeness (QED) is 0.764. The van der Waals surface area contributed by atoms with Crippen LogP contribution in [0.1, 0.15) is 17.3 Å². The monoisotopic (exact) mass is 361 g/mol. The topological polar surface area (TPSA) is 107 Å². The molecule has 2 N–H and O–H groups in total. The van der Waals surface area contributed by atoms with E-state index in [1.54, 1.807) is 6.92 Å².